The molecule has 3 nitrogen and oxygen atoms in total. The molecule has 92 valence electrons. The number of hydrogen-bond donors (Lipinski definition) is 1. The molecule has 0 bridgehead atoms. The third-order valence-corrected chi connectivity index (χ3v) is 5.41. The first-order chi connectivity index (χ1) is 8.05. The minimum Gasteiger partial charge on any atom is -0.327 e. The van der Waals surface area contributed by atoms with Crippen molar-refractivity contribution in [1.82, 2.24) is 0 Å². The van der Waals surface area contributed by atoms with Crippen molar-refractivity contribution in [2.24, 2.45) is 5.73 Å². The van der Waals surface area contributed by atoms with E-state index in [0.717, 1.165) is 18.4 Å². The first kappa shape index (κ1) is 12.6. The lowest BCUT2D eigenvalue weighted by molar-refractivity contribution is 0.595. The highest BCUT2D eigenvalue weighted by Gasteiger charge is 2.37. The Morgan fingerprint density at radius 2 is 2.12 bits per heavy atom. The lowest BCUT2D eigenvalue weighted by Gasteiger charge is -2.05. The van der Waals surface area contributed by atoms with E-state index in [1.54, 1.807) is 24.3 Å². The van der Waals surface area contributed by atoms with Crippen LogP contribution in [0.5, 0.6) is 0 Å². The molecule has 0 spiro atoms. The van der Waals surface area contributed by atoms with Gasteiger partial charge in [-0.15, -0.1) is 0 Å². The molecule has 0 aromatic heterocycles. The molecule has 0 aliphatic heterocycles. The summed E-state index contributed by atoms with van der Waals surface area (Å²) in [5, 5.41) is 0.0569. The largest absolute Gasteiger partial charge is 0.327 e. The zero-order valence-electron chi connectivity index (χ0n) is 9.27. The molecule has 0 unspecified atom stereocenters. The highest BCUT2D eigenvalue weighted by molar-refractivity contribution is 7.92. The van der Waals surface area contributed by atoms with E-state index in [-0.39, 0.29) is 15.2 Å². The van der Waals surface area contributed by atoms with E-state index in [9.17, 15) is 8.42 Å². The van der Waals surface area contributed by atoms with Crippen LogP contribution in [0.1, 0.15) is 18.4 Å². The van der Waals surface area contributed by atoms with Crippen LogP contribution in [-0.2, 0) is 9.84 Å². The third-order valence-electron chi connectivity index (χ3n) is 2.67. The molecule has 0 heterocycles. The number of hydrogen-bond acceptors (Lipinski definition) is 3. The van der Waals surface area contributed by atoms with Crippen LogP contribution in [0.3, 0.4) is 0 Å². The molecular formula is C12H14ClNO2S. The standard InChI is InChI=1S/C12H14ClNO2S/c13-11-8-9(2-1-7-14)3-6-12(11)17(15,16)10-4-5-10/h1-3,6,8,10H,4-5,7,14H2/b2-1+. The highest BCUT2D eigenvalue weighted by Crippen LogP contribution is 2.36. The van der Waals surface area contributed by atoms with Gasteiger partial charge in [0, 0.05) is 6.54 Å². The second-order valence-electron chi connectivity index (χ2n) is 4.07. The second-order valence-corrected chi connectivity index (χ2v) is 6.68. The van der Waals surface area contributed by atoms with Gasteiger partial charge in [-0.05, 0) is 30.5 Å². The highest BCUT2D eigenvalue weighted by atomic mass is 35.5. The topological polar surface area (TPSA) is 60.2 Å². The maximum absolute atomic E-state index is 12.0. The van der Waals surface area contributed by atoms with Crippen molar-refractivity contribution in [3.05, 3.63) is 34.9 Å². The van der Waals surface area contributed by atoms with Crippen molar-refractivity contribution < 1.29 is 8.42 Å². The molecule has 0 saturated heterocycles. The fourth-order valence-corrected chi connectivity index (χ4v) is 3.83. The lowest BCUT2D eigenvalue weighted by Crippen LogP contribution is -2.07. The van der Waals surface area contributed by atoms with Gasteiger partial charge in [-0.25, -0.2) is 8.42 Å². The normalized spacial score (nSPS) is 16.6. The summed E-state index contributed by atoms with van der Waals surface area (Å²) in [6, 6.07) is 4.97. The molecule has 0 atom stereocenters. The maximum atomic E-state index is 12.0. The number of sulfone groups is 1. The van der Waals surface area contributed by atoms with Gasteiger partial charge in [-0.2, -0.15) is 0 Å². The van der Waals surface area contributed by atoms with E-state index in [0.29, 0.717) is 6.54 Å². The fourth-order valence-electron chi connectivity index (χ4n) is 1.61. The molecule has 0 radical (unpaired) electrons. The van der Waals surface area contributed by atoms with E-state index < -0.39 is 9.84 Å². The van der Waals surface area contributed by atoms with Gasteiger partial charge in [0.25, 0.3) is 0 Å². The van der Waals surface area contributed by atoms with E-state index in [4.69, 9.17) is 17.3 Å². The van der Waals surface area contributed by atoms with Crippen molar-refractivity contribution >= 4 is 27.5 Å². The summed E-state index contributed by atoms with van der Waals surface area (Å²) in [7, 11) is -3.21. The van der Waals surface area contributed by atoms with Crippen LogP contribution in [0.4, 0.5) is 0 Å². The summed E-state index contributed by atoms with van der Waals surface area (Å²) >= 11 is 6.02. The summed E-state index contributed by atoms with van der Waals surface area (Å²) in [6.07, 6.45) is 5.10. The molecule has 1 aliphatic carbocycles. The SMILES string of the molecule is NC/C=C/c1ccc(S(=O)(=O)C2CC2)c(Cl)c1. The van der Waals surface area contributed by atoms with Gasteiger partial charge in [-0.3, -0.25) is 0 Å². The molecule has 1 fully saturated rings. The predicted molar refractivity (Wildman–Crippen MR) is 69.7 cm³/mol. The zero-order valence-corrected chi connectivity index (χ0v) is 10.8. The number of nitrogens with two attached hydrogens (primary N) is 1. The van der Waals surface area contributed by atoms with Gasteiger partial charge in [0.1, 0.15) is 0 Å². The van der Waals surface area contributed by atoms with Crippen molar-refractivity contribution in [3.8, 4) is 0 Å². The maximum Gasteiger partial charge on any atom is 0.182 e. The molecule has 2 N–H and O–H groups in total. The number of halogens is 1. The summed E-state index contributed by atoms with van der Waals surface area (Å²) in [6.45, 7) is 0.444. The molecule has 5 heteroatoms. The first-order valence-electron chi connectivity index (χ1n) is 5.46. The number of rotatable bonds is 4. The van der Waals surface area contributed by atoms with Crippen LogP contribution in [0.25, 0.3) is 6.08 Å². The Kier molecular flexibility index (Phi) is 3.56. The van der Waals surface area contributed by atoms with Gasteiger partial charge in [0.2, 0.25) is 0 Å². The molecule has 1 aliphatic rings. The molecule has 1 saturated carbocycles. The molecule has 1 aromatic carbocycles. The van der Waals surface area contributed by atoms with Gasteiger partial charge < -0.3 is 5.73 Å². The summed E-state index contributed by atoms with van der Waals surface area (Å²) in [5.74, 6) is 0. The third kappa shape index (κ3) is 2.70. The van der Waals surface area contributed by atoms with E-state index in [1.165, 1.54) is 0 Å². The average Bonchev–Trinajstić information content (AvgIpc) is 3.10. The molecule has 0 amide bonds. The Morgan fingerprint density at radius 1 is 1.41 bits per heavy atom. The van der Waals surface area contributed by atoms with E-state index in [1.807, 2.05) is 6.08 Å². The first-order valence-corrected chi connectivity index (χ1v) is 7.38. The zero-order chi connectivity index (χ0) is 12.5. The van der Waals surface area contributed by atoms with Crippen LogP contribution in [0.15, 0.2) is 29.2 Å². The molecule has 17 heavy (non-hydrogen) atoms. The summed E-state index contributed by atoms with van der Waals surface area (Å²) in [5.41, 5.74) is 6.20. The van der Waals surface area contributed by atoms with Gasteiger partial charge >= 0.3 is 0 Å². The Labute approximate surface area is 106 Å². The van der Waals surface area contributed by atoms with Crippen LogP contribution in [0.2, 0.25) is 5.02 Å². The molecule has 1 aromatic rings. The van der Waals surface area contributed by atoms with E-state index in [2.05, 4.69) is 0 Å². The lowest BCUT2D eigenvalue weighted by atomic mass is 10.2. The predicted octanol–water partition coefficient (Wildman–Crippen LogP) is 2.25. The minimum absolute atomic E-state index is 0.231. The van der Waals surface area contributed by atoms with Crippen LogP contribution >= 0.6 is 11.6 Å². The monoisotopic (exact) mass is 271 g/mol. The van der Waals surface area contributed by atoms with Crippen molar-refractivity contribution in [2.45, 2.75) is 23.0 Å². The minimum atomic E-state index is -3.21. The summed E-state index contributed by atoms with van der Waals surface area (Å²) < 4.78 is 24.0. The Hall–Kier alpha value is -0.840. The van der Waals surface area contributed by atoms with Gasteiger partial charge in [0.15, 0.2) is 9.84 Å². The fraction of sp³-hybridized carbons (Fsp3) is 0.333. The quantitative estimate of drug-likeness (QED) is 0.914. The van der Waals surface area contributed by atoms with E-state index >= 15 is 0 Å². The van der Waals surface area contributed by atoms with Crippen molar-refractivity contribution in [1.29, 1.82) is 0 Å². The van der Waals surface area contributed by atoms with Crippen LogP contribution in [0, 0.1) is 0 Å². The molecule has 2 rings (SSSR count). The van der Waals surface area contributed by atoms with Crippen LogP contribution < -0.4 is 5.73 Å². The van der Waals surface area contributed by atoms with Crippen molar-refractivity contribution in [2.75, 3.05) is 6.54 Å². The second kappa shape index (κ2) is 4.80. The summed E-state index contributed by atoms with van der Waals surface area (Å²) in [4.78, 5) is 0.242. The van der Waals surface area contributed by atoms with Gasteiger partial charge in [0.05, 0.1) is 15.2 Å². The smallest absolute Gasteiger partial charge is 0.182 e. The Balaban J connectivity index is 2.35. The van der Waals surface area contributed by atoms with Crippen LogP contribution in [-0.4, -0.2) is 20.2 Å². The Morgan fingerprint density at radius 3 is 2.65 bits per heavy atom. The van der Waals surface area contributed by atoms with Crippen molar-refractivity contribution in [3.63, 3.8) is 0 Å². The molecular weight excluding hydrogens is 258 g/mol. The number of benzene rings is 1. The average molecular weight is 272 g/mol. The van der Waals surface area contributed by atoms with Gasteiger partial charge in [-0.1, -0.05) is 29.8 Å². The Bertz CT molecular complexity index is 548.